The van der Waals surface area contributed by atoms with Gasteiger partial charge < -0.3 is 35.6 Å². The maximum atomic E-state index is 13.4. The standard InChI is InChI=1S/C27H25F3N4O4S2.C18H15BrF3N3O3S2.C9H12BNO3.CH4O/c1-33(2)24(35)18-8-6-17(7-9-18)21-10-11-22(39-21)40(37,38)34-14-12-26(13-15-34)25(36)31-23(32-26)19-4-3-5-20(16-19)27(28,29)30;19-13-4-5-14(29-13)30(27,28)25-8-6-17(7-9-25)16(26)23-15(24-17)11-2-1-3-12(10-11)18(20,21)22;1-11(2)9(12)7-3-5-8(6-4-7)10(13)14;1-2/h3-11,16H,12-15H2,1-2H3,(H,31,32,36);1-5,10H,6-9H2,(H,23,24,26);3-6,13-14H,1-2H3;2H,1H3. The number of amidine groups is 2. The molecule has 0 radical (unpaired) electrons. The second kappa shape index (κ2) is 26.7. The second-order valence-electron chi connectivity index (χ2n) is 20.0. The minimum Gasteiger partial charge on any atom is -0.423 e. The molecule has 6 aromatic rings. The third-order valence-corrected chi connectivity index (χ3v) is 21.5. The van der Waals surface area contributed by atoms with Crippen LogP contribution in [0.25, 0.3) is 10.4 Å². The van der Waals surface area contributed by atoms with Crippen molar-refractivity contribution in [3.05, 3.63) is 158 Å². The fraction of sp³-hybridized carbons (Fsp3) is 0.309. The first-order chi connectivity index (χ1) is 40.3. The van der Waals surface area contributed by atoms with E-state index in [2.05, 4.69) is 36.5 Å². The summed E-state index contributed by atoms with van der Waals surface area (Å²) >= 11 is 5.46. The molecule has 31 heteroatoms. The van der Waals surface area contributed by atoms with Gasteiger partial charge in [-0.2, -0.15) is 35.0 Å². The fourth-order valence-electron chi connectivity index (χ4n) is 9.26. The highest BCUT2D eigenvalue weighted by atomic mass is 79.9. The lowest BCUT2D eigenvalue weighted by molar-refractivity contribution is -0.138. The lowest BCUT2D eigenvalue weighted by Gasteiger charge is -2.34. The maximum Gasteiger partial charge on any atom is 0.488 e. The van der Waals surface area contributed by atoms with Gasteiger partial charge in [0.15, 0.2) is 0 Å². The summed E-state index contributed by atoms with van der Waals surface area (Å²) < 4.78 is 134. The van der Waals surface area contributed by atoms with E-state index >= 15 is 0 Å². The van der Waals surface area contributed by atoms with Crippen LogP contribution in [0.5, 0.6) is 0 Å². The molecule has 2 saturated heterocycles. The molecule has 19 nitrogen and oxygen atoms in total. The van der Waals surface area contributed by atoms with Gasteiger partial charge in [-0.25, -0.2) is 16.8 Å². The monoisotopic (exact) mass is 1340 g/mol. The predicted molar refractivity (Wildman–Crippen MR) is 316 cm³/mol. The largest absolute Gasteiger partial charge is 0.488 e. The van der Waals surface area contributed by atoms with E-state index in [1.807, 2.05) is 0 Å². The number of hydrogen-bond acceptors (Lipinski definition) is 15. The van der Waals surface area contributed by atoms with E-state index in [-0.39, 0.29) is 94.9 Å². The number of aliphatic hydroxyl groups is 1. The minimum atomic E-state index is -4.53. The van der Waals surface area contributed by atoms with Crippen LogP contribution in [0.15, 0.2) is 144 Å². The zero-order valence-corrected chi connectivity index (χ0v) is 51.2. The molecule has 0 saturated carbocycles. The average Bonchev–Trinajstić information content (AvgIpc) is 1.66. The van der Waals surface area contributed by atoms with Crippen molar-refractivity contribution < 1.29 is 77.5 Å². The number of nitrogens with zero attached hydrogens (tertiary/aromatic N) is 6. The quantitative estimate of drug-likeness (QED) is 0.0727. The van der Waals surface area contributed by atoms with Crippen LogP contribution in [0.3, 0.4) is 0 Å². The van der Waals surface area contributed by atoms with Crippen molar-refractivity contribution in [1.29, 1.82) is 0 Å². The summed E-state index contributed by atoms with van der Waals surface area (Å²) in [6.45, 7) is 0.239. The minimum absolute atomic E-state index is 0.0314. The molecule has 4 aromatic carbocycles. The van der Waals surface area contributed by atoms with E-state index in [0.717, 1.165) is 64.5 Å². The zero-order chi connectivity index (χ0) is 63.3. The number of carbonyl (C=O) groups excluding carboxylic acids is 4. The highest BCUT2D eigenvalue weighted by Gasteiger charge is 2.50. The molecule has 6 heterocycles. The smallest absolute Gasteiger partial charge is 0.423 e. The molecule has 0 atom stereocenters. The van der Waals surface area contributed by atoms with Gasteiger partial charge in [0.25, 0.3) is 43.7 Å². The summed E-state index contributed by atoms with van der Waals surface area (Å²) in [6.07, 6.45) is -8.56. The predicted octanol–water partition coefficient (Wildman–Crippen LogP) is 6.54. The Morgan fingerprint density at radius 3 is 1.33 bits per heavy atom. The molecule has 86 heavy (non-hydrogen) atoms. The summed E-state index contributed by atoms with van der Waals surface area (Å²) in [5.74, 6) is -0.995. The van der Waals surface area contributed by atoms with E-state index in [4.69, 9.17) is 15.2 Å². The normalized spacial score (nSPS) is 16.7. The van der Waals surface area contributed by atoms with Crippen molar-refractivity contribution in [3.63, 3.8) is 0 Å². The fourth-order valence-corrected chi connectivity index (χ4v) is 15.8. The van der Waals surface area contributed by atoms with Gasteiger partial charge in [0.1, 0.15) is 31.2 Å². The number of hydrogen-bond donors (Lipinski definition) is 5. The molecule has 10 rings (SSSR count). The van der Waals surface area contributed by atoms with Crippen LogP contribution in [-0.2, 0) is 42.0 Å². The molecule has 5 N–H and O–H groups in total. The summed E-state index contributed by atoms with van der Waals surface area (Å²) in [5, 5.41) is 29.8. The van der Waals surface area contributed by atoms with Gasteiger partial charge in [-0.1, -0.05) is 48.5 Å². The molecular formula is C55H56BBrF6N8O11S4. The van der Waals surface area contributed by atoms with Crippen LogP contribution in [0.1, 0.15) is 68.7 Å². The first-order valence-corrected chi connectivity index (χ1v) is 31.1. The van der Waals surface area contributed by atoms with Crippen LogP contribution in [0.2, 0.25) is 0 Å². The van der Waals surface area contributed by atoms with Crippen LogP contribution < -0.4 is 16.1 Å². The van der Waals surface area contributed by atoms with E-state index in [1.54, 1.807) is 76.7 Å². The highest BCUT2D eigenvalue weighted by Crippen LogP contribution is 2.39. The Bertz CT molecular complexity index is 3770. The maximum absolute atomic E-state index is 13.4. The van der Waals surface area contributed by atoms with Crippen molar-refractivity contribution in [2.24, 2.45) is 9.98 Å². The van der Waals surface area contributed by atoms with Crippen LogP contribution in [0, 0.1) is 0 Å². The SMILES string of the molecule is CN(C)C(=O)c1ccc(-c2ccc(S(=O)(=O)N3CCC4(CC3)N=C(c3cccc(C(F)(F)F)c3)NC4=O)s2)cc1.CN(C)C(=O)c1ccc(B(O)O)cc1.CO.O=C1NC(c2cccc(C(F)(F)F)c2)=NC12CCN(S(=O)(=O)c1ccc(Br)s1)CC2. The van der Waals surface area contributed by atoms with Gasteiger partial charge in [0.2, 0.25) is 0 Å². The van der Waals surface area contributed by atoms with Crippen LogP contribution in [0.4, 0.5) is 26.3 Å². The number of thiophene rings is 2. The number of aliphatic hydroxyl groups excluding tert-OH is 1. The van der Waals surface area contributed by atoms with Crippen molar-refractivity contribution in [2.75, 3.05) is 61.5 Å². The molecule has 4 aliphatic rings. The Balaban J connectivity index is 0.000000201. The molecule has 0 aliphatic carbocycles. The summed E-state index contributed by atoms with van der Waals surface area (Å²) in [5.41, 5.74) is -1.59. The van der Waals surface area contributed by atoms with Gasteiger partial charge in [0.05, 0.1) is 14.9 Å². The molecule has 4 aliphatic heterocycles. The van der Waals surface area contributed by atoms with Gasteiger partial charge in [-0.15, -0.1) is 22.7 Å². The van der Waals surface area contributed by atoms with Crippen molar-refractivity contribution >= 4 is 107 Å². The summed E-state index contributed by atoms with van der Waals surface area (Å²) in [4.78, 5) is 61.6. The Labute approximate surface area is 508 Å². The Hall–Kier alpha value is -6.68. The molecule has 458 valence electrons. The van der Waals surface area contributed by atoms with Gasteiger partial charge in [0, 0.05) is 88.6 Å². The van der Waals surface area contributed by atoms with Crippen molar-refractivity contribution in [3.8, 4) is 10.4 Å². The number of piperidine rings is 2. The lowest BCUT2D eigenvalue weighted by Crippen LogP contribution is -2.50. The Kier molecular flexibility index (Phi) is 20.8. The topological polar surface area (TPSA) is 259 Å². The van der Waals surface area contributed by atoms with E-state index < -0.39 is 73.5 Å². The third kappa shape index (κ3) is 15.0. The van der Waals surface area contributed by atoms with Gasteiger partial charge in [-0.05, 0) is 125 Å². The molecule has 4 amide bonds. The first kappa shape index (κ1) is 66.8. The summed E-state index contributed by atoms with van der Waals surface area (Å²) in [7, 11) is -1.36. The van der Waals surface area contributed by atoms with Gasteiger partial charge in [-0.3, -0.25) is 29.2 Å². The van der Waals surface area contributed by atoms with E-state index in [9.17, 15) is 62.4 Å². The second-order valence-corrected chi connectivity index (χ2v) is 27.9. The van der Waals surface area contributed by atoms with Crippen molar-refractivity contribution in [2.45, 2.75) is 57.5 Å². The lowest BCUT2D eigenvalue weighted by atomic mass is 9.80. The number of aliphatic imine (C=N–C) groups is 2. The summed E-state index contributed by atoms with van der Waals surface area (Å²) in [6, 6.07) is 28.6. The number of sulfonamides is 2. The van der Waals surface area contributed by atoms with E-state index in [0.29, 0.717) is 20.4 Å². The number of carbonyl (C=O) groups is 4. The molecule has 0 bridgehead atoms. The number of alkyl halides is 6. The average molecular weight is 1340 g/mol. The van der Waals surface area contributed by atoms with Crippen molar-refractivity contribution in [1.82, 2.24) is 29.0 Å². The number of nitrogens with one attached hydrogen (secondary N) is 2. The number of amides is 4. The van der Waals surface area contributed by atoms with Crippen LogP contribution in [-0.4, -0.2) is 165 Å². The Morgan fingerprint density at radius 1 is 0.581 bits per heavy atom. The first-order valence-electron chi connectivity index (χ1n) is 25.8. The van der Waals surface area contributed by atoms with E-state index in [1.165, 1.54) is 66.9 Å². The Morgan fingerprint density at radius 2 is 0.965 bits per heavy atom. The third-order valence-electron chi connectivity index (χ3n) is 14.0. The number of benzene rings is 4. The molecule has 2 fully saturated rings. The number of halogens is 7. The van der Waals surface area contributed by atoms with Crippen LogP contribution >= 0.6 is 38.6 Å². The molecule has 2 spiro atoms. The van der Waals surface area contributed by atoms with Gasteiger partial charge >= 0.3 is 19.5 Å². The number of rotatable bonds is 10. The molecular weight excluding hydrogens is 1280 g/mol. The molecule has 2 aromatic heterocycles. The molecule has 0 unspecified atom stereocenters. The zero-order valence-electron chi connectivity index (χ0n) is 46.4. The highest BCUT2D eigenvalue weighted by molar-refractivity contribution is 9.11.